The molecular weight excluding hydrogens is 350 g/mol. The molecule has 2 N–H and O–H groups in total. The van der Waals surface area contributed by atoms with Crippen molar-refractivity contribution in [1.29, 1.82) is 0 Å². The fraction of sp³-hybridized carbons (Fsp3) is 0.533. The summed E-state index contributed by atoms with van der Waals surface area (Å²) in [5.41, 5.74) is 0.902. The number of rotatable bonds is 5. The summed E-state index contributed by atoms with van der Waals surface area (Å²) in [4.78, 5) is 11.0. The van der Waals surface area contributed by atoms with E-state index in [1.807, 2.05) is 24.3 Å². The highest BCUT2D eigenvalue weighted by Crippen LogP contribution is 2.37. The van der Waals surface area contributed by atoms with Crippen LogP contribution in [-0.4, -0.2) is 26.1 Å². The minimum Gasteiger partial charge on any atom is -0.465 e. The van der Waals surface area contributed by atoms with Gasteiger partial charge in [-0.2, -0.15) is 0 Å². The van der Waals surface area contributed by atoms with E-state index in [4.69, 9.17) is 9.53 Å². The van der Waals surface area contributed by atoms with E-state index >= 15 is 0 Å². The Kier molecular flexibility index (Phi) is 6.01. The average Bonchev–Trinajstić information content (AvgIpc) is 2.34. The molecular formula is C15H24BrNO3Si. The van der Waals surface area contributed by atoms with Gasteiger partial charge in [0.1, 0.15) is 0 Å². The Morgan fingerprint density at radius 2 is 1.86 bits per heavy atom. The second kappa shape index (κ2) is 6.94. The van der Waals surface area contributed by atoms with E-state index < -0.39 is 14.4 Å². The largest absolute Gasteiger partial charge is 0.465 e. The molecule has 1 atom stereocenters. The summed E-state index contributed by atoms with van der Waals surface area (Å²) in [7, 11) is -1.90. The van der Waals surface area contributed by atoms with E-state index in [1.165, 1.54) is 0 Å². The Hall–Kier alpha value is -0.853. The molecule has 0 aliphatic rings. The summed E-state index contributed by atoms with van der Waals surface area (Å²) >= 11 is 3.38. The summed E-state index contributed by atoms with van der Waals surface area (Å²) in [5.74, 6) is 0. The summed E-state index contributed by atoms with van der Waals surface area (Å²) in [5, 5.41) is 11.7. The maximum atomic E-state index is 11.0. The van der Waals surface area contributed by atoms with E-state index in [-0.39, 0.29) is 11.1 Å². The first kappa shape index (κ1) is 18.2. The van der Waals surface area contributed by atoms with Gasteiger partial charge >= 0.3 is 6.09 Å². The molecule has 0 saturated heterocycles. The van der Waals surface area contributed by atoms with Gasteiger partial charge in [-0.15, -0.1) is 0 Å². The number of carboxylic acid groups (broad SMARTS) is 1. The van der Waals surface area contributed by atoms with Gasteiger partial charge in [-0.05, 0) is 35.8 Å². The van der Waals surface area contributed by atoms with Crippen LogP contribution in [0.3, 0.4) is 0 Å². The van der Waals surface area contributed by atoms with Gasteiger partial charge in [-0.3, -0.25) is 0 Å². The molecule has 0 aromatic heterocycles. The molecule has 1 amide bonds. The van der Waals surface area contributed by atoms with Gasteiger partial charge in [0.05, 0.1) is 12.6 Å². The first-order valence-corrected chi connectivity index (χ1v) is 10.6. The lowest BCUT2D eigenvalue weighted by molar-refractivity contribution is 0.178. The van der Waals surface area contributed by atoms with Crippen LogP contribution in [0.25, 0.3) is 0 Å². The smallest absolute Gasteiger partial charge is 0.405 e. The molecule has 4 nitrogen and oxygen atoms in total. The number of nitrogens with one attached hydrogen (secondary N) is 1. The van der Waals surface area contributed by atoms with Crippen LogP contribution in [0.2, 0.25) is 18.1 Å². The van der Waals surface area contributed by atoms with E-state index in [0.29, 0.717) is 6.61 Å². The van der Waals surface area contributed by atoms with Crippen molar-refractivity contribution in [3.05, 3.63) is 34.3 Å². The fourth-order valence-corrected chi connectivity index (χ4v) is 2.85. The van der Waals surface area contributed by atoms with Crippen LogP contribution in [0.1, 0.15) is 32.4 Å². The van der Waals surface area contributed by atoms with Gasteiger partial charge in [0, 0.05) is 4.47 Å². The monoisotopic (exact) mass is 373 g/mol. The van der Waals surface area contributed by atoms with Crippen LogP contribution < -0.4 is 5.32 Å². The summed E-state index contributed by atoms with van der Waals surface area (Å²) in [6.07, 6.45) is -1.04. The third kappa shape index (κ3) is 5.45. The Morgan fingerprint density at radius 1 is 1.33 bits per heavy atom. The van der Waals surface area contributed by atoms with Crippen LogP contribution in [0.5, 0.6) is 0 Å². The van der Waals surface area contributed by atoms with Gasteiger partial charge in [0.2, 0.25) is 0 Å². The molecule has 1 aromatic rings. The third-order valence-electron chi connectivity index (χ3n) is 3.99. The van der Waals surface area contributed by atoms with Crippen LogP contribution in [0, 0.1) is 0 Å². The minimum atomic E-state index is -1.90. The Balaban J connectivity index is 2.85. The second-order valence-electron chi connectivity index (χ2n) is 6.62. The molecule has 0 saturated carbocycles. The number of benzene rings is 1. The van der Waals surface area contributed by atoms with Crippen LogP contribution in [-0.2, 0) is 4.43 Å². The Bertz CT molecular complexity index is 483. The van der Waals surface area contributed by atoms with Crippen molar-refractivity contribution >= 4 is 30.3 Å². The van der Waals surface area contributed by atoms with Gasteiger partial charge < -0.3 is 14.8 Å². The molecule has 0 aliphatic heterocycles. The Morgan fingerprint density at radius 3 is 2.29 bits per heavy atom. The molecule has 0 spiro atoms. The predicted octanol–water partition coefficient (Wildman–Crippen LogP) is 4.78. The highest BCUT2D eigenvalue weighted by molar-refractivity contribution is 9.10. The van der Waals surface area contributed by atoms with Crippen molar-refractivity contribution in [1.82, 2.24) is 5.32 Å². The van der Waals surface area contributed by atoms with Crippen molar-refractivity contribution in [3.8, 4) is 0 Å². The van der Waals surface area contributed by atoms with Crippen molar-refractivity contribution in [3.63, 3.8) is 0 Å². The zero-order chi connectivity index (χ0) is 16.3. The summed E-state index contributed by atoms with van der Waals surface area (Å²) in [6, 6.07) is 7.25. The lowest BCUT2D eigenvalue weighted by atomic mass is 10.1. The first-order valence-electron chi connectivity index (χ1n) is 6.92. The molecule has 1 aromatic carbocycles. The lowest BCUT2D eigenvalue weighted by Gasteiger charge is -2.37. The summed E-state index contributed by atoms with van der Waals surface area (Å²) < 4.78 is 7.11. The van der Waals surface area contributed by atoms with Gasteiger partial charge in [-0.1, -0.05) is 48.8 Å². The predicted molar refractivity (Wildman–Crippen MR) is 91.2 cm³/mol. The lowest BCUT2D eigenvalue weighted by Crippen LogP contribution is -2.43. The minimum absolute atomic E-state index is 0.0977. The van der Waals surface area contributed by atoms with Crippen molar-refractivity contribution in [2.24, 2.45) is 0 Å². The maximum Gasteiger partial charge on any atom is 0.405 e. The topological polar surface area (TPSA) is 58.6 Å². The molecule has 0 heterocycles. The van der Waals surface area contributed by atoms with E-state index in [9.17, 15) is 4.79 Å². The SMILES string of the molecule is CC(C)(C)[Si](C)(C)OCC(NC(=O)O)c1ccc(Br)cc1. The molecule has 0 aliphatic carbocycles. The van der Waals surface area contributed by atoms with E-state index in [0.717, 1.165) is 10.0 Å². The first-order chi connectivity index (χ1) is 9.53. The normalized spacial score (nSPS) is 13.8. The van der Waals surface area contributed by atoms with Crippen molar-refractivity contribution in [2.45, 2.75) is 44.9 Å². The molecule has 1 rings (SSSR count). The number of amides is 1. The molecule has 21 heavy (non-hydrogen) atoms. The zero-order valence-corrected chi connectivity index (χ0v) is 15.8. The number of hydrogen-bond acceptors (Lipinski definition) is 2. The molecule has 6 heteroatoms. The average molecular weight is 374 g/mol. The standard InChI is InChI=1S/C15H24BrNO3Si/c1-15(2,3)21(4,5)20-10-13(17-14(18)19)11-6-8-12(16)9-7-11/h6-9,13,17H,10H2,1-5H3,(H,18,19). The molecule has 0 fully saturated rings. The van der Waals surface area contributed by atoms with Crippen LogP contribution in [0.4, 0.5) is 4.79 Å². The molecule has 0 radical (unpaired) electrons. The van der Waals surface area contributed by atoms with Crippen molar-refractivity contribution < 1.29 is 14.3 Å². The third-order valence-corrected chi connectivity index (χ3v) is 9.02. The molecule has 0 bridgehead atoms. The summed E-state index contributed by atoms with van der Waals surface area (Å²) in [6.45, 7) is 11.2. The van der Waals surface area contributed by atoms with E-state index in [1.54, 1.807) is 0 Å². The zero-order valence-electron chi connectivity index (χ0n) is 13.2. The number of halogens is 1. The second-order valence-corrected chi connectivity index (χ2v) is 12.3. The van der Waals surface area contributed by atoms with Crippen LogP contribution in [0.15, 0.2) is 28.7 Å². The Labute approximate surface area is 136 Å². The number of carbonyl (C=O) groups is 1. The van der Waals surface area contributed by atoms with Crippen LogP contribution >= 0.6 is 15.9 Å². The fourth-order valence-electron chi connectivity index (χ4n) is 1.57. The van der Waals surface area contributed by atoms with Gasteiger partial charge in [-0.25, -0.2) is 4.79 Å². The maximum absolute atomic E-state index is 11.0. The van der Waals surface area contributed by atoms with E-state index in [2.05, 4.69) is 55.1 Å². The quantitative estimate of drug-likeness (QED) is 0.730. The molecule has 1 unspecified atom stereocenters. The number of hydrogen-bond donors (Lipinski definition) is 2. The molecule has 118 valence electrons. The highest BCUT2D eigenvalue weighted by atomic mass is 79.9. The van der Waals surface area contributed by atoms with Crippen molar-refractivity contribution in [2.75, 3.05) is 6.61 Å². The highest BCUT2D eigenvalue weighted by Gasteiger charge is 2.37. The van der Waals surface area contributed by atoms with Gasteiger partial charge in [0.25, 0.3) is 0 Å². The van der Waals surface area contributed by atoms with Gasteiger partial charge in [0.15, 0.2) is 8.32 Å².